The van der Waals surface area contributed by atoms with Crippen molar-refractivity contribution in [2.45, 2.75) is 31.7 Å². The van der Waals surface area contributed by atoms with Gasteiger partial charge in [0.15, 0.2) is 11.6 Å². The van der Waals surface area contributed by atoms with Crippen molar-refractivity contribution in [1.29, 1.82) is 0 Å². The van der Waals surface area contributed by atoms with Crippen molar-refractivity contribution < 1.29 is 9.53 Å². The highest BCUT2D eigenvalue weighted by Gasteiger charge is 2.20. The molecule has 1 aromatic heterocycles. The van der Waals surface area contributed by atoms with E-state index in [1.54, 1.807) is 30.5 Å². The van der Waals surface area contributed by atoms with E-state index in [1.165, 1.54) is 6.33 Å². The number of nitrogens with one attached hydrogen (secondary N) is 1. The molecule has 1 aliphatic carbocycles. The summed E-state index contributed by atoms with van der Waals surface area (Å²) in [5, 5.41) is 4.00. The fourth-order valence-electron chi connectivity index (χ4n) is 2.41. The molecule has 3 rings (SSSR count). The third-order valence-corrected chi connectivity index (χ3v) is 3.86. The zero-order valence-electron chi connectivity index (χ0n) is 12.0. The number of aromatic nitrogens is 2. The van der Waals surface area contributed by atoms with Gasteiger partial charge in [0, 0.05) is 23.9 Å². The molecule has 1 N–H and O–H groups in total. The Morgan fingerprint density at radius 3 is 2.64 bits per heavy atom. The Morgan fingerprint density at radius 1 is 1.18 bits per heavy atom. The highest BCUT2D eigenvalue weighted by molar-refractivity contribution is 6.30. The van der Waals surface area contributed by atoms with Gasteiger partial charge in [-0.15, -0.1) is 0 Å². The van der Waals surface area contributed by atoms with Crippen molar-refractivity contribution >= 4 is 23.2 Å². The van der Waals surface area contributed by atoms with E-state index in [9.17, 15) is 4.79 Å². The van der Waals surface area contributed by atoms with Crippen LogP contribution in [0.2, 0.25) is 5.02 Å². The first kappa shape index (κ1) is 14.8. The Kier molecular flexibility index (Phi) is 4.53. The first-order chi connectivity index (χ1) is 10.7. The molecular formula is C16H16ClN3O2. The average molecular weight is 318 g/mol. The Balaban J connectivity index is 1.72. The van der Waals surface area contributed by atoms with Crippen LogP contribution in [0.25, 0.3) is 0 Å². The van der Waals surface area contributed by atoms with Crippen LogP contribution >= 0.6 is 11.6 Å². The van der Waals surface area contributed by atoms with Gasteiger partial charge < -0.3 is 10.1 Å². The van der Waals surface area contributed by atoms with Crippen LogP contribution in [-0.2, 0) is 4.79 Å². The lowest BCUT2D eigenvalue weighted by Crippen LogP contribution is -2.26. The third kappa shape index (κ3) is 3.74. The van der Waals surface area contributed by atoms with Crippen LogP contribution < -0.4 is 10.1 Å². The van der Waals surface area contributed by atoms with Gasteiger partial charge in [-0.2, -0.15) is 0 Å². The number of carbonyl (C=O) groups excluding carboxylic acids is 1. The average Bonchev–Trinajstić information content (AvgIpc) is 2.54. The molecule has 2 aromatic rings. The monoisotopic (exact) mass is 317 g/mol. The molecule has 0 saturated heterocycles. The molecule has 0 unspecified atom stereocenters. The fourth-order valence-corrected chi connectivity index (χ4v) is 2.53. The molecule has 0 atom stereocenters. The van der Waals surface area contributed by atoms with Gasteiger partial charge in [-0.3, -0.25) is 4.79 Å². The van der Waals surface area contributed by atoms with Crippen molar-refractivity contribution in [1.82, 2.24) is 9.97 Å². The smallest absolute Gasteiger partial charge is 0.187 e. The van der Waals surface area contributed by atoms with Crippen LogP contribution in [0.3, 0.4) is 0 Å². The Bertz CT molecular complexity index is 651. The van der Waals surface area contributed by atoms with E-state index >= 15 is 0 Å². The summed E-state index contributed by atoms with van der Waals surface area (Å²) < 4.78 is 5.81. The van der Waals surface area contributed by atoms with E-state index in [1.807, 2.05) is 0 Å². The van der Waals surface area contributed by atoms with Gasteiger partial charge in [0.1, 0.15) is 17.9 Å². The Morgan fingerprint density at radius 2 is 1.91 bits per heavy atom. The summed E-state index contributed by atoms with van der Waals surface area (Å²) in [6, 6.07) is 7.35. The molecule has 0 radical (unpaired) electrons. The van der Waals surface area contributed by atoms with Crippen molar-refractivity contribution in [2.75, 3.05) is 5.32 Å². The molecule has 1 fully saturated rings. The topological polar surface area (TPSA) is 64.1 Å². The Hall–Kier alpha value is -2.14. The summed E-state index contributed by atoms with van der Waals surface area (Å²) in [7, 11) is 0. The highest BCUT2D eigenvalue weighted by atomic mass is 35.5. The van der Waals surface area contributed by atoms with Gasteiger partial charge in [0.25, 0.3) is 0 Å². The van der Waals surface area contributed by atoms with E-state index < -0.39 is 0 Å². The largest absolute Gasteiger partial charge is 0.452 e. The first-order valence-corrected chi connectivity index (χ1v) is 7.60. The van der Waals surface area contributed by atoms with Crippen LogP contribution in [-0.4, -0.2) is 21.8 Å². The molecule has 22 heavy (non-hydrogen) atoms. The quantitative estimate of drug-likeness (QED) is 0.928. The highest BCUT2D eigenvalue weighted by Crippen LogP contribution is 2.29. The standard InChI is InChI=1S/C16H16ClN3O2/c17-11-1-7-14(8-2-11)22-15-9-18-10-19-16(15)20-12-3-5-13(21)6-4-12/h1-2,7-10,12H,3-6H2,(H,18,19,20). The molecule has 0 bridgehead atoms. The number of ketones is 1. The normalized spacial score (nSPS) is 15.6. The molecule has 1 aliphatic rings. The number of anilines is 1. The summed E-state index contributed by atoms with van der Waals surface area (Å²) in [6.07, 6.45) is 5.99. The lowest BCUT2D eigenvalue weighted by Gasteiger charge is -2.23. The van der Waals surface area contributed by atoms with Gasteiger partial charge >= 0.3 is 0 Å². The van der Waals surface area contributed by atoms with Crippen LogP contribution in [0, 0.1) is 0 Å². The lowest BCUT2D eigenvalue weighted by molar-refractivity contribution is -0.120. The molecule has 0 spiro atoms. The number of benzene rings is 1. The number of Topliss-reactive ketones (excluding diaryl/α,β-unsaturated/α-hetero) is 1. The molecule has 0 amide bonds. The zero-order valence-corrected chi connectivity index (χ0v) is 12.7. The van der Waals surface area contributed by atoms with E-state index in [2.05, 4.69) is 15.3 Å². The van der Waals surface area contributed by atoms with E-state index in [-0.39, 0.29) is 6.04 Å². The molecule has 1 heterocycles. The van der Waals surface area contributed by atoms with Crippen LogP contribution in [0.15, 0.2) is 36.8 Å². The van der Waals surface area contributed by atoms with Crippen molar-refractivity contribution in [3.8, 4) is 11.5 Å². The lowest BCUT2D eigenvalue weighted by atomic mass is 9.94. The predicted molar refractivity (Wildman–Crippen MR) is 84.4 cm³/mol. The number of rotatable bonds is 4. The molecule has 1 saturated carbocycles. The van der Waals surface area contributed by atoms with Gasteiger partial charge in [-0.25, -0.2) is 9.97 Å². The van der Waals surface area contributed by atoms with Crippen LogP contribution in [0.5, 0.6) is 11.5 Å². The van der Waals surface area contributed by atoms with Crippen LogP contribution in [0.1, 0.15) is 25.7 Å². The summed E-state index contributed by atoms with van der Waals surface area (Å²) in [4.78, 5) is 19.6. The summed E-state index contributed by atoms with van der Waals surface area (Å²) in [5.74, 6) is 2.20. The number of halogens is 1. The van der Waals surface area contributed by atoms with Crippen molar-refractivity contribution in [3.63, 3.8) is 0 Å². The first-order valence-electron chi connectivity index (χ1n) is 7.22. The summed E-state index contributed by atoms with van der Waals surface area (Å²) in [6.45, 7) is 0. The second-order valence-electron chi connectivity index (χ2n) is 5.25. The molecular weight excluding hydrogens is 302 g/mol. The van der Waals surface area contributed by atoms with Crippen molar-refractivity contribution in [3.05, 3.63) is 41.8 Å². The van der Waals surface area contributed by atoms with Gasteiger partial charge in [-0.05, 0) is 37.1 Å². The SMILES string of the molecule is O=C1CCC(Nc2ncncc2Oc2ccc(Cl)cc2)CC1. The molecule has 0 aliphatic heterocycles. The van der Waals surface area contributed by atoms with E-state index in [0.29, 0.717) is 41.0 Å². The third-order valence-electron chi connectivity index (χ3n) is 3.60. The van der Waals surface area contributed by atoms with E-state index in [4.69, 9.17) is 16.3 Å². The van der Waals surface area contributed by atoms with Gasteiger partial charge in [-0.1, -0.05) is 11.6 Å². The minimum Gasteiger partial charge on any atom is -0.452 e. The zero-order chi connectivity index (χ0) is 15.4. The molecule has 1 aromatic carbocycles. The predicted octanol–water partition coefficient (Wildman–Crippen LogP) is 3.85. The molecule has 5 nitrogen and oxygen atoms in total. The number of nitrogens with zero attached hydrogens (tertiary/aromatic N) is 2. The maximum Gasteiger partial charge on any atom is 0.187 e. The second-order valence-corrected chi connectivity index (χ2v) is 5.69. The summed E-state index contributed by atoms with van der Waals surface area (Å²) >= 11 is 5.87. The Labute approximate surface area is 133 Å². The number of ether oxygens (including phenoxy) is 1. The number of hydrogen-bond donors (Lipinski definition) is 1. The molecule has 6 heteroatoms. The van der Waals surface area contributed by atoms with E-state index in [0.717, 1.165) is 12.8 Å². The number of carbonyl (C=O) groups is 1. The fraction of sp³-hybridized carbons (Fsp3) is 0.312. The van der Waals surface area contributed by atoms with Crippen molar-refractivity contribution in [2.24, 2.45) is 0 Å². The van der Waals surface area contributed by atoms with Gasteiger partial charge in [0.05, 0.1) is 6.20 Å². The number of hydrogen-bond acceptors (Lipinski definition) is 5. The maximum atomic E-state index is 11.3. The van der Waals surface area contributed by atoms with Gasteiger partial charge in [0.2, 0.25) is 0 Å². The minimum atomic E-state index is 0.236. The van der Waals surface area contributed by atoms with Crippen LogP contribution in [0.4, 0.5) is 5.82 Å². The maximum absolute atomic E-state index is 11.3. The minimum absolute atomic E-state index is 0.236. The molecule has 114 valence electrons. The second kappa shape index (κ2) is 6.75. The summed E-state index contributed by atoms with van der Waals surface area (Å²) in [5.41, 5.74) is 0.